The lowest BCUT2D eigenvalue weighted by Crippen LogP contribution is -3.12. The predicted molar refractivity (Wildman–Crippen MR) is 74.0 cm³/mol. The number of hydrogen-bond donors (Lipinski definition) is 2. The molecule has 2 N–H and O–H groups in total. The van der Waals surface area contributed by atoms with Crippen LogP contribution in [0.3, 0.4) is 0 Å². The van der Waals surface area contributed by atoms with Crippen molar-refractivity contribution in [1.29, 1.82) is 0 Å². The molecule has 5 nitrogen and oxygen atoms in total. The molecule has 2 heterocycles. The Balaban J connectivity index is 1.65. The first-order chi connectivity index (χ1) is 9.34. The van der Waals surface area contributed by atoms with Crippen molar-refractivity contribution in [2.45, 2.75) is 25.7 Å². The fourth-order valence-corrected chi connectivity index (χ4v) is 2.28. The molecule has 0 aromatic carbocycles. The number of hydrogen-bond acceptors (Lipinski definition) is 3. The van der Waals surface area contributed by atoms with E-state index in [1.807, 2.05) is 12.1 Å². The number of likely N-dealkylation sites (tertiary alicyclic amines) is 1. The second-order valence-electron chi connectivity index (χ2n) is 4.89. The van der Waals surface area contributed by atoms with Gasteiger partial charge in [-0.2, -0.15) is 5.10 Å². The highest BCUT2D eigenvalue weighted by Gasteiger charge is 2.14. The van der Waals surface area contributed by atoms with Crippen LogP contribution in [-0.4, -0.2) is 36.7 Å². The zero-order chi connectivity index (χ0) is 13.3. The molecule has 1 fully saturated rings. The van der Waals surface area contributed by atoms with Crippen molar-refractivity contribution in [3.05, 3.63) is 30.1 Å². The highest BCUT2D eigenvalue weighted by Crippen LogP contribution is 1.94. The topological polar surface area (TPSA) is 58.8 Å². The van der Waals surface area contributed by atoms with Crippen LogP contribution in [0.4, 0.5) is 0 Å². The summed E-state index contributed by atoms with van der Waals surface area (Å²) in [6.07, 6.45) is 9.47. The van der Waals surface area contributed by atoms with E-state index in [-0.39, 0.29) is 5.91 Å². The van der Waals surface area contributed by atoms with Crippen LogP contribution >= 0.6 is 0 Å². The predicted octanol–water partition coefficient (Wildman–Crippen LogP) is -0.00940. The number of amides is 1. The highest BCUT2D eigenvalue weighted by molar-refractivity contribution is 5.81. The smallest absolute Gasteiger partial charge is 0.245 e. The van der Waals surface area contributed by atoms with E-state index in [1.165, 1.54) is 37.3 Å². The number of carbonyl (C=O) groups is 1. The lowest BCUT2D eigenvalue weighted by atomic mass is 10.1. The summed E-state index contributed by atoms with van der Waals surface area (Å²) in [4.78, 5) is 17.1. The average Bonchev–Trinajstić information content (AvgIpc) is 2.47. The molecule has 5 heteroatoms. The SMILES string of the molecule is O=C(CC[NH+]1CCCCC1)N/N=C\c1cccnc1. The molecule has 19 heavy (non-hydrogen) atoms. The lowest BCUT2D eigenvalue weighted by Gasteiger charge is -2.22. The summed E-state index contributed by atoms with van der Waals surface area (Å²) in [6, 6.07) is 3.73. The Bertz CT molecular complexity index is 413. The van der Waals surface area contributed by atoms with E-state index in [0.29, 0.717) is 6.42 Å². The third-order valence-corrected chi connectivity index (χ3v) is 3.35. The molecule has 1 aliphatic heterocycles. The van der Waals surface area contributed by atoms with Gasteiger partial charge in [0, 0.05) is 18.0 Å². The lowest BCUT2D eigenvalue weighted by molar-refractivity contribution is -0.904. The number of carbonyl (C=O) groups excluding carboxylic acids is 1. The quantitative estimate of drug-likeness (QED) is 0.578. The van der Waals surface area contributed by atoms with Gasteiger partial charge in [-0.05, 0) is 25.3 Å². The first-order valence-electron chi connectivity index (χ1n) is 6.90. The van der Waals surface area contributed by atoms with Gasteiger partial charge in [0.25, 0.3) is 0 Å². The number of pyridine rings is 1. The number of piperidine rings is 1. The van der Waals surface area contributed by atoms with Crippen LogP contribution in [0.2, 0.25) is 0 Å². The minimum atomic E-state index is -0.0155. The van der Waals surface area contributed by atoms with Crippen molar-refractivity contribution in [2.24, 2.45) is 5.10 Å². The van der Waals surface area contributed by atoms with Crippen molar-refractivity contribution in [1.82, 2.24) is 10.4 Å². The number of nitrogens with one attached hydrogen (secondary N) is 2. The molecule has 0 aliphatic carbocycles. The minimum Gasteiger partial charge on any atom is -0.335 e. The summed E-state index contributed by atoms with van der Waals surface area (Å²) in [5, 5.41) is 3.93. The molecular weight excluding hydrogens is 240 g/mol. The molecule has 1 aromatic rings. The largest absolute Gasteiger partial charge is 0.335 e. The van der Waals surface area contributed by atoms with Gasteiger partial charge in [-0.25, -0.2) is 5.43 Å². The van der Waals surface area contributed by atoms with Gasteiger partial charge in [0.05, 0.1) is 32.3 Å². The van der Waals surface area contributed by atoms with E-state index in [0.717, 1.165) is 12.1 Å². The average molecular weight is 261 g/mol. The van der Waals surface area contributed by atoms with E-state index in [4.69, 9.17) is 0 Å². The number of aromatic nitrogens is 1. The highest BCUT2D eigenvalue weighted by atomic mass is 16.2. The molecular formula is C14H21N4O+. The van der Waals surface area contributed by atoms with Crippen LogP contribution in [0.5, 0.6) is 0 Å². The fraction of sp³-hybridized carbons (Fsp3) is 0.500. The second kappa shape index (κ2) is 7.63. The molecule has 0 radical (unpaired) electrons. The van der Waals surface area contributed by atoms with Crippen molar-refractivity contribution in [3.8, 4) is 0 Å². The number of hydrazone groups is 1. The van der Waals surface area contributed by atoms with Crippen LogP contribution in [0, 0.1) is 0 Å². The Kier molecular flexibility index (Phi) is 5.49. The van der Waals surface area contributed by atoms with E-state index in [2.05, 4.69) is 15.5 Å². The molecule has 1 aliphatic rings. The maximum absolute atomic E-state index is 11.6. The van der Waals surface area contributed by atoms with Gasteiger partial charge >= 0.3 is 0 Å². The van der Waals surface area contributed by atoms with Gasteiger partial charge in [0.2, 0.25) is 5.91 Å². The van der Waals surface area contributed by atoms with E-state index < -0.39 is 0 Å². The Morgan fingerprint density at radius 1 is 1.42 bits per heavy atom. The van der Waals surface area contributed by atoms with Crippen molar-refractivity contribution >= 4 is 12.1 Å². The Hall–Kier alpha value is -1.75. The van der Waals surface area contributed by atoms with Crippen LogP contribution < -0.4 is 10.3 Å². The summed E-state index contributed by atoms with van der Waals surface area (Å²) in [5.74, 6) is -0.0155. The van der Waals surface area contributed by atoms with Crippen molar-refractivity contribution in [3.63, 3.8) is 0 Å². The normalized spacial score (nSPS) is 16.6. The number of nitrogens with zero attached hydrogens (tertiary/aromatic N) is 2. The first kappa shape index (κ1) is 13.7. The maximum Gasteiger partial charge on any atom is 0.245 e. The molecule has 0 unspecified atom stereocenters. The molecule has 1 saturated heterocycles. The molecule has 0 bridgehead atoms. The fourth-order valence-electron chi connectivity index (χ4n) is 2.28. The van der Waals surface area contributed by atoms with Gasteiger partial charge in [-0.15, -0.1) is 0 Å². The van der Waals surface area contributed by atoms with Crippen LogP contribution in [0.1, 0.15) is 31.2 Å². The number of quaternary nitrogens is 1. The first-order valence-corrected chi connectivity index (χ1v) is 6.90. The minimum absolute atomic E-state index is 0.0155. The molecule has 0 atom stereocenters. The summed E-state index contributed by atoms with van der Waals surface area (Å²) in [6.45, 7) is 3.31. The Morgan fingerprint density at radius 2 is 2.26 bits per heavy atom. The van der Waals surface area contributed by atoms with Crippen LogP contribution in [0.15, 0.2) is 29.6 Å². The van der Waals surface area contributed by atoms with E-state index in [9.17, 15) is 4.79 Å². The third-order valence-electron chi connectivity index (χ3n) is 3.35. The van der Waals surface area contributed by atoms with E-state index in [1.54, 1.807) is 18.6 Å². The molecule has 2 rings (SSSR count). The van der Waals surface area contributed by atoms with Gasteiger partial charge in [-0.3, -0.25) is 9.78 Å². The third kappa shape index (κ3) is 5.18. The molecule has 1 aromatic heterocycles. The summed E-state index contributed by atoms with van der Waals surface area (Å²) in [5.41, 5.74) is 3.44. The van der Waals surface area contributed by atoms with Crippen LogP contribution in [0.25, 0.3) is 0 Å². The van der Waals surface area contributed by atoms with Gasteiger partial charge in [0.1, 0.15) is 0 Å². The summed E-state index contributed by atoms with van der Waals surface area (Å²) in [7, 11) is 0. The molecule has 0 saturated carbocycles. The van der Waals surface area contributed by atoms with Crippen molar-refractivity contribution < 1.29 is 9.69 Å². The summed E-state index contributed by atoms with van der Waals surface area (Å²) >= 11 is 0. The van der Waals surface area contributed by atoms with Crippen molar-refractivity contribution in [2.75, 3.05) is 19.6 Å². The van der Waals surface area contributed by atoms with E-state index >= 15 is 0 Å². The van der Waals surface area contributed by atoms with Crippen LogP contribution in [-0.2, 0) is 4.79 Å². The standard InChI is InChI=1S/C14H20N4O/c19-14(6-10-18-8-2-1-3-9-18)17-16-12-13-5-4-7-15-11-13/h4-5,7,11-12H,1-3,6,8-10H2,(H,17,19)/p+1/b16-12-. The summed E-state index contributed by atoms with van der Waals surface area (Å²) < 4.78 is 0. The van der Waals surface area contributed by atoms with Gasteiger partial charge < -0.3 is 4.90 Å². The molecule has 102 valence electrons. The monoisotopic (exact) mass is 261 g/mol. The molecule has 1 amide bonds. The Morgan fingerprint density at radius 3 is 3.00 bits per heavy atom. The number of rotatable bonds is 5. The zero-order valence-corrected chi connectivity index (χ0v) is 11.1. The van der Waals surface area contributed by atoms with Gasteiger partial charge in [0.15, 0.2) is 0 Å². The zero-order valence-electron chi connectivity index (χ0n) is 11.1. The maximum atomic E-state index is 11.6. The van der Waals surface area contributed by atoms with Gasteiger partial charge in [-0.1, -0.05) is 6.07 Å². The molecule has 0 spiro atoms. The second-order valence-corrected chi connectivity index (χ2v) is 4.89. The Labute approximate surface area is 113 Å².